The molecule has 0 aliphatic rings. The van der Waals surface area contributed by atoms with Gasteiger partial charge in [0.15, 0.2) is 0 Å². The number of aliphatic carboxylic acids is 3. The summed E-state index contributed by atoms with van der Waals surface area (Å²) >= 11 is 0. The van der Waals surface area contributed by atoms with Crippen LogP contribution in [0.1, 0.15) is 27.2 Å². The molecule has 0 saturated carbocycles. The maximum Gasteiger partial charge on any atom is 3.00 e. The van der Waals surface area contributed by atoms with Gasteiger partial charge in [0.05, 0.1) is 0 Å². The van der Waals surface area contributed by atoms with Crippen molar-refractivity contribution in [3.8, 4) is 0 Å². The predicted octanol–water partition coefficient (Wildman–Crippen LogP) is -5.08. The van der Waals surface area contributed by atoms with E-state index < -0.39 is 17.9 Å². The van der Waals surface area contributed by atoms with Crippen molar-refractivity contribution in [2.24, 2.45) is 11.5 Å². The van der Waals surface area contributed by atoms with Crippen molar-refractivity contribution in [3.05, 3.63) is 0 Å². The fourth-order valence-corrected chi connectivity index (χ4v) is 0.284. The van der Waals surface area contributed by atoms with Crippen molar-refractivity contribution in [2.45, 2.75) is 33.2 Å². The number of carbonyl (C=O) groups is 3. The molecule has 117 valence electrons. The van der Waals surface area contributed by atoms with Gasteiger partial charge in [-0.25, -0.2) is 0 Å². The van der Waals surface area contributed by atoms with Gasteiger partial charge in [0.25, 0.3) is 0 Å². The summed E-state index contributed by atoms with van der Waals surface area (Å²) in [6, 6.07) is -0.0231. The van der Waals surface area contributed by atoms with Gasteiger partial charge in [-0.2, -0.15) is 0 Å². The molecule has 0 aromatic rings. The topological polar surface area (TPSA) is 193 Å². The van der Waals surface area contributed by atoms with Crippen LogP contribution >= 0.6 is 0 Å². The molecular weight excluding hydrogens is 400 g/mol. The monoisotopic (exact) mass is 421 g/mol. The molecule has 0 aliphatic carbocycles. The number of carboxylic acids is 3. The first kappa shape index (κ1) is 31.9. The Labute approximate surface area is 151 Å². The number of hydrogen-bond donors (Lipinski definition) is 3. The van der Waals surface area contributed by atoms with E-state index in [0.717, 1.165) is 20.8 Å². The molecule has 0 rings (SSSR count). The van der Waals surface area contributed by atoms with Crippen LogP contribution in [0.25, 0.3) is 0 Å². The van der Waals surface area contributed by atoms with E-state index in [1.807, 2.05) is 0 Å². The Morgan fingerprint density at radius 3 is 1.25 bits per heavy atom. The molecule has 0 spiro atoms. The molecule has 0 fully saturated rings. The molecule has 10 heteroatoms. The van der Waals surface area contributed by atoms with E-state index >= 15 is 0 Å². The zero-order chi connectivity index (χ0) is 16.4. The molecule has 20 heavy (non-hydrogen) atoms. The minimum atomic E-state index is -1.08. The first-order valence-electron chi connectivity index (χ1n) is 5.10. The zero-order valence-electron chi connectivity index (χ0n) is 11.8. The summed E-state index contributed by atoms with van der Waals surface area (Å²) in [5.41, 5.74) is 10.4. The molecular formula is C10H21CeN2O7. The quantitative estimate of drug-likeness (QED) is 0.400. The van der Waals surface area contributed by atoms with Crippen LogP contribution in [0.4, 0.5) is 0 Å². The Morgan fingerprint density at radius 2 is 1.20 bits per heavy atom. The van der Waals surface area contributed by atoms with Gasteiger partial charge < -0.3 is 46.3 Å². The first-order valence-corrected chi connectivity index (χ1v) is 5.10. The molecule has 1 radical (unpaired) electrons. The summed E-state index contributed by atoms with van der Waals surface area (Å²) in [7, 11) is 0. The second-order valence-electron chi connectivity index (χ2n) is 2.98. The van der Waals surface area contributed by atoms with Crippen LogP contribution in [0.3, 0.4) is 0 Å². The van der Waals surface area contributed by atoms with Gasteiger partial charge >= 0.3 is 41.7 Å². The van der Waals surface area contributed by atoms with Gasteiger partial charge in [0.2, 0.25) is 0 Å². The number of carboxylic acid groups (broad SMARTS) is 3. The van der Waals surface area contributed by atoms with Crippen molar-refractivity contribution in [1.29, 1.82) is 0 Å². The SMILES string of the molecule is CC(=O)[O-].CC(=O)[O-].CC(=O)[O-].NCC(N)CCO.[Ce+3]. The Hall–Kier alpha value is -0.333. The molecule has 0 saturated heterocycles. The standard InChI is InChI=1S/C4H12N2O.3C2H4O2.Ce/c5-3-4(6)1-2-7;3*1-2(3)4;/h4,7H,1-3,5-6H2;3*1H3,(H,3,4);/q;;;;+3/p-3. The predicted molar refractivity (Wildman–Crippen MR) is 60.8 cm³/mol. The minimum Gasteiger partial charge on any atom is -0.550 e. The van der Waals surface area contributed by atoms with Crippen LogP contribution in [-0.2, 0) is 14.4 Å². The maximum atomic E-state index is 8.89. The molecule has 5 N–H and O–H groups in total. The number of nitrogens with two attached hydrogens (primary N) is 2. The van der Waals surface area contributed by atoms with Gasteiger partial charge in [-0.1, -0.05) is 0 Å². The summed E-state index contributed by atoms with van der Waals surface area (Å²) in [6.07, 6.45) is 0.608. The molecule has 0 amide bonds. The van der Waals surface area contributed by atoms with E-state index in [1.54, 1.807) is 0 Å². The third-order valence-corrected chi connectivity index (χ3v) is 0.803. The van der Waals surface area contributed by atoms with E-state index in [9.17, 15) is 0 Å². The average Bonchev–Trinajstić information content (AvgIpc) is 2.15. The second kappa shape index (κ2) is 27.1. The van der Waals surface area contributed by atoms with Crippen LogP contribution in [0.5, 0.6) is 0 Å². The molecule has 9 nitrogen and oxygen atoms in total. The maximum absolute atomic E-state index is 8.89. The molecule has 0 aromatic carbocycles. The summed E-state index contributed by atoms with van der Waals surface area (Å²) in [5.74, 6) is -3.25. The number of aliphatic hydroxyl groups excluding tert-OH is 1. The molecule has 0 aliphatic heterocycles. The van der Waals surface area contributed by atoms with Crippen LogP contribution in [-0.4, -0.2) is 42.2 Å². The van der Waals surface area contributed by atoms with Crippen molar-refractivity contribution in [1.82, 2.24) is 0 Å². The zero-order valence-corrected chi connectivity index (χ0v) is 14.9. The number of aliphatic hydroxyl groups is 1. The van der Waals surface area contributed by atoms with Crippen molar-refractivity contribution < 1.29 is 76.6 Å². The van der Waals surface area contributed by atoms with Crippen LogP contribution in [0, 0.1) is 41.7 Å². The average molecular weight is 421 g/mol. The fourth-order valence-electron chi connectivity index (χ4n) is 0.284. The second-order valence-corrected chi connectivity index (χ2v) is 2.98. The molecule has 1 atom stereocenters. The van der Waals surface area contributed by atoms with Crippen LogP contribution < -0.4 is 26.8 Å². The third kappa shape index (κ3) is 225. The smallest absolute Gasteiger partial charge is 0.550 e. The van der Waals surface area contributed by atoms with Gasteiger partial charge in [-0.05, 0) is 27.2 Å². The van der Waals surface area contributed by atoms with E-state index in [-0.39, 0.29) is 54.4 Å². The Balaban J connectivity index is -0.0000000512. The van der Waals surface area contributed by atoms with E-state index in [4.69, 9.17) is 46.3 Å². The fraction of sp³-hybridized carbons (Fsp3) is 0.700. The molecule has 0 aromatic heterocycles. The minimum absolute atomic E-state index is 0. The van der Waals surface area contributed by atoms with Crippen LogP contribution in [0.15, 0.2) is 0 Å². The van der Waals surface area contributed by atoms with Gasteiger partial charge in [-0.3, -0.25) is 0 Å². The number of carbonyl (C=O) groups excluding carboxylic acids is 3. The molecule has 0 heterocycles. The van der Waals surface area contributed by atoms with Gasteiger partial charge in [0, 0.05) is 37.1 Å². The van der Waals surface area contributed by atoms with Crippen molar-refractivity contribution in [2.75, 3.05) is 13.2 Å². The molecule has 1 unspecified atom stereocenters. The van der Waals surface area contributed by atoms with E-state index in [1.165, 1.54) is 0 Å². The Kier molecular flexibility index (Phi) is 43.1. The van der Waals surface area contributed by atoms with Crippen molar-refractivity contribution >= 4 is 17.9 Å². The Bertz CT molecular complexity index is 199. The third-order valence-electron chi connectivity index (χ3n) is 0.803. The summed E-state index contributed by atoms with van der Waals surface area (Å²) in [5, 5.41) is 34.9. The first-order chi connectivity index (χ1) is 8.50. The van der Waals surface area contributed by atoms with Crippen molar-refractivity contribution in [3.63, 3.8) is 0 Å². The summed E-state index contributed by atoms with van der Waals surface area (Å²) in [6.45, 7) is 3.51. The largest absolute Gasteiger partial charge is 3.00 e. The van der Waals surface area contributed by atoms with E-state index in [0.29, 0.717) is 13.0 Å². The summed E-state index contributed by atoms with van der Waals surface area (Å²) < 4.78 is 0. The van der Waals surface area contributed by atoms with E-state index in [2.05, 4.69) is 0 Å². The Morgan fingerprint density at radius 1 is 1.00 bits per heavy atom. The van der Waals surface area contributed by atoms with Crippen LogP contribution in [0.2, 0.25) is 0 Å². The summed E-state index contributed by atoms with van der Waals surface area (Å²) in [4.78, 5) is 26.7. The normalized spacial score (nSPS) is 8.70. The molecule has 0 bridgehead atoms. The van der Waals surface area contributed by atoms with Gasteiger partial charge in [-0.15, -0.1) is 0 Å². The number of rotatable bonds is 3. The van der Waals surface area contributed by atoms with Gasteiger partial charge in [0.1, 0.15) is 0 Å². The number of hydrogen-bond acceptors (Lipinski definition) is 9.